The predicted octanol–water partition coefficient (Wildman–Crippen LogP) is 2.08. The van der Waals surface area contributed by atoms with Gasteiger partial charge >= 0.3 is 0 Å². The molecule has 0 fully saturated rings. The number of sulfone groups is 1. The molecule has 1 aromatic rings. The second-order valence-corrected chi connectivity index (χ2v) is 6.83. The van der Waals surface area contributed by atoms with Crippen LogP contribution in [0.15, 0.2) is 30.3 Å². The highest BCUT2D eigenvalue weighted by Crippen LogP contribution is 2.26. The molecule has 0 aliphatic rings. The molecular weight excluding hydrogens is 234 g/mol. The van der Waals surface area contributed by atoms with Crippen molar-refractivity contribution in [3.8, 4) is 0 Å². The lowest BCUT2D eigenvalue weighted by atomic mass is 9.86. The zero-order chi connectivity index (χ0) is 12.9. The van der Waals surface area contributed by atoms with E-state index in [2.05, 4.69) is 0 Å². The highest BCUT2D eigenvalue weighted by atomic mass is 32.2. The number of benzene rings is 1. The molecule has 0 spiro atoms. The van der Waals surface area contributed by atoms with Gasteiger partial charge in [-0.25, -0.2) is 8.42 Å². The Morgan fingerprint density at radius 3 is 2.24 bits per heavy atom. The lowest BCUT2D eigenvalue weighted by Crippen LogP contribution is -2.38. The molecule has 1 rings (SSSR count). The van der Waals surface area contributed by atoms with E-state index in [1.807, 2.05) is 37.3 Å². The Labute approximate surface area is 104 Å². The predicted molar refractivity (Wildman–Crippen MR) is 71.5 cm³/mol. The first-order chi connectivity index (χ1) is 7.93. The van der Waals surface area contributed by atoms with Crippen molar-refractivity contribution in [2.75, 3.05) is 11.5 Å². The summed E-state index contributed by atoms with van der Waals surface area (Å²) in [5.41, 5.74) is 6.79. The van der Waals surface area contributed by atoms with E-state index in [4.69, 9.17) is 5.73 Å². The molecule has 96 valence electrons. The first kappa shape index (κ1) is 14.2. The minimum Gasteiger partial charge on any atom is -0.321 e. The van der Waals surface area contributed by atoms with Gasteiger partial charge in [0.05, 0.1) is 5.75 Å². The maximum atomic E-state index is 11.5. The molecule has 3 nitrogen and oxygen atoms in total. The molecule has 0 heterocycles. The van der Waals surface area contributed by atoms with E-state index in [0.29, 0.717) is 6.42 Å². The maximum Gasteiger partial charge on any atom is 0.150 e. The van der Waals surface area contributed by atoms with E-state index in [9.17, 15) is 8.42 Å². The lowest BCUT2D eigenvalue weighted by Gasteiger charge is -2.28. The standard InChI is InChI=1S/C13H21NO2S/c1-3-13(14,10-11-17(15,16)4-2)12-8-6-5-7-9-12/h5-9H,3-4,10-11,14H2,1-2H3. The van der Waals surface area contributed by atoms with Crippen molar-refractivity contribution >= 4 is 9.84 Å². The summed E-state index contributed by atoms with van der Waals surface area (Å²) in [5.74, 6) is 0.338. The minimum absolute atomic E-state index is 0.155. The molecule has 0 amide bonds. The van der Waals surface area contributed by atoms with Gasteiger partial charge in [-0.05, 0) is 18.4 Å². The smallest absolute Gasteiger partial charge is 0.150 e. The van der Waals surface area contributed by atoms with Gasteiger partial charge in [0.25, 0.3) is 0 Å². The summed E-state index contributed by atoms with van der Waals surface area (Å²) in [6.07, 6.45) is 1.21. The molecule has 1 aromatic carbocycles. The fourth-order valence-corrected chi connectivity index (χ4v) is 2.74. The molecule has 0 saturated heterocycles. The largest absolute Gasteiger partial charge is 0.321 e. The van der Waals surface area contributed by atoms with Gasteiger partial charge < -0.3 is 5.73 Å². The van der Waals surface area contributed by atoms with Gasteiger partial charge in [0.15, 0.2) is 0 Å². The van der Waals surface area contributed by atoms with Gasteiger partial charge in [0.2, 0.25) is 0 Å². The van der Waals surface area contributed by atoms with Crippen molar-refractivity contribution in [3.05, 3.63) is 35.9 Å². The number of nitrogens with two attached hydrogens (primary N) is 1. The van der Waals surface area contributed by atoms with Gasteiger partial charge in [-0.3, -0.25) is 0 Å². The molecule has 0 radical (unpaired) electrons. The van der Waals surface area contributed by atoms with Gasteiger partial charge in [-0.15, -0.1) is 0 Å². The molecule has 0 aliphatic carbocycles. The van der Waals surface area contributed by atoms with Crippen molar-refractivity contribution in [1.82, 2.24) is 0 Å². The van der Waals surface area contributed by atoms with E-state index in [0.717, 1.165) is 12.0 Å². The Morgan fingerprint density at radius 1 is 1.18 bits per heavy atom. The van der Waals surface area contributed by atoms with Crippen LogP contribution in [0.5, 0.6) is 0 Å². The number of rotatable bonds is 6. The van der Waals surface area contributed by atoms with E-state index in [-0.39, 0.29) is 11.5 Å². The Morgan fingerprint density at radius 2 is 1.76 bits per heavy atom. The van der Waals surface area contributed by atoms with Crippen LogP contribution >= 0.6 is 0 Å². The van der Waals surface area contributed by atoms with Gasteiger partial charge in [-0.2, -0.15) is 0 Å². The Bertz CT molecular complexity index is 442. The molecule has 0 aromatic heterocycles. The van der Waals surface area contributed by atoms with Crippen LogP contribution in [0.25, 0.3) is 0 Å². The number of hydrogen-bond acceptors (Lipinski definition) is 3. The fourth-order valence-electron chi connectivity index (χ4n) is 1.78. The Balaban J connectivity index is 2.84. The first-order valence-corrected chi connectivity index (χ1v) is 7.80. The monoisotopic (exact) mass is 255 g/mol. The average molecular weight is 255 g/mol. The third kappa shape index (κ3) is 3.82. The summed E-state index contributed by atoms with van der Waals surface area (Å²) in [7, 11) is -2.95. The van der Waals surface area contributed by atoms with Crippen LogP contribution in [0.1, 0.15) is 32.3 Å². The van der Waals surface area contributed by atoms with E-state index >= 15 is 0 Å². The molecule has 0 aliphatic heterocycles. The molecule has 2 N–H and O–H groups in total. The first-order valence-electron chi connectivity index (χ1n) is 5.98. The average Bonchev–Trinajstić information content (AvgIpc) is 2.37. The molecule has 0 saturated carbocycles. The third-order valence-electron chi connectivity index (χ3n) is 3.28. The summed E-state index contributed by atoms with van der Waals surface area (Å²) in [4.78, 5) is 0. The van der Waals surface area contributed by atoms with Crippen molar-refractivity contribution in [2.24, 2.45) is 5.73 Å². The van der Waals surface area contributed by atoms with Crippen LogP contribution < -0.4 is 5.73 Å². The van der Waals surface area contributed by atoms with Gasteiger partial charge in [0.1, 0.15) is 9.84 Å². The van der Waals surface area contributed by atoms with Crippen LogP contribution in [0, 0.1) is 0 Å². The van der Waals surface area contributed by atoms with E-state index in [1.54, 1.807) is 6.92 Å². The van der Waals surface area contributed by atoms with Gasteiger partial charge in [0, 0.05) is 11.3 Å². The summed E-state index contributed by atoms with van der Waals surface area (Å²) in [6, 6.07) is 9.72. The second-order valence-electron chi connectivity index (χ2n) is 4.36. The molecule has 1 atom stereocenters. The summed E-state index contributed by atoms with van der Waals surface area (Å²) >= 11 is 0. The normalized spacial score (nSPS) is 15.5. The van der Waals surface area contributed by atoms with Crippen molar-refractivity contribution in [1.29, 1.82) is 0 Å². The molecular formula is C13H21NO2S. The fraction of sp³-hybridized carbons (Fsp3) is 0.538. The zero-order valence-electron chi connectivity index (χ0n) is 10.5. The van der Waals surface area contributed by atoms with Gasteiger partial charge in [-0.1, -0.05) is 44.2 Å². The van der Waals surface area contributed by atoms with Crippen molar-refractivity contribution in [2.45, 2.75) is 32.2 Å². The topological polar surface area (TPSA) is 60.2 Å². The lowest BCUT2D eigenvalue weighted by molar-refractivity contribution is 0.412. The van der Waals surface area contributed by atoms with E-state index in [1.165, 1.54) is 0 Å². The van der Waals surface area contributed by atoms with Crippen LogP contribution in [0.3, 0.4) is 0 Å². The molecule has 0 bridgehead atoms. The van der Waals surface area contributed by atoms with Crippen molar-refractivity contribution in [3.63, 3.8) is 0 Å². The van der Waals surface area contributed by atoms with Crippen LogP contribution in [0.4, 0.5) is 0 Å². The summed E-state index contributed by atoms with van der Waals surface area (Å²) < 4.78 is 23.1. The van der Waals surface area contributed by atoms with Crippen molar-refractivity contribution < 1.29 is 8.42 Å². The molecule has 4 heteroatoms. The SMILES string of the molecule is CCC(N)(CCS(=O)(=O)CC)c1ccccc1. The number of hydrogen-bond donors (Lipinski definition) is 1. The van der Waals surface area contributed by atoms with Crippen LogP contribution in [-0.2, 0) is 15.4 Å². The minimum atomic E-state index is -2.95. The van der Waals surface area contributed by atoms with Crippen LogP contribution in [0.2, 0.25) is 0 Å². The summed E-state index contributed by atoms with van der Waals surface area (Å²) in [6.45, 7) is 3.66. The quantitative estimate of drug-likeness (QED) is 0.846. The zero-order valence-corrected chi connectivity index (χ0v) is 11.3. The van der Waals surface area contributed by atoms with Crippen LogP contribution in [-0.4, -0.2) is 19.9 Å². The Hall–Kier alpha value is -0.870. The Kier molecular flexibility index (Phi) is 4.71. The molecule has 1 unspecified atom stereocenters. The maximum absolute atomic E-state index is 11.5. The highest BCUT2D eigenvalue weighted by molar-refractivity contribution is 7.91. The molecule has 17 heavy (non-hydrogen) atoms. The second kappa shape index (κ2) is 5.65. The van der Waals surface area contributed by atoms with E-state index < -0.39 is 15.4 Å². The highest BCUT2D eigenvalue weighted by Gasteiger charge is 2.26. The summed E-state index contributed by atoms with van der Waals surface area (Å²) in [5, 5.41) is 0. The third-order valence-corrected chi connectivity index (χ3v) is 4.98.